The number of aryl methyl sites for hydroxylation is 1. The van der Waals surface area contributed by atoms with Gasteiger partial charge in [-0.3, -0.25) is 4.79 Å². The summed E-state index contributed by atoms with van der Waals surface area (Å²) >= 11 is 0. The summed E-state index contributed by atoms with van der Waals surface area (Å²) in [6, 6.07) is 1.36. The van der Waals surface area contributed by atoms with Crippen molar-refractivity contribution in [1.82, 2.24) is 9.47 Å². The van der Waals surface area contributed by atoms with Crippen molar-refractivity contribution in [1.29, 1.82) is 0 Å². The normalized spacial score (nSPS) is 15.3. The van der Waals surface area contributed by atoms with Crippen molar-refractivity contribution in [2.24, 2.45) is 5.92 Å². The van der Waals surface area contributed by atoms with Gasteiger partial charge in [0.15, 0.2) is 0 Å². The van der Waals surface area contributed by atoms with Crippen LogP contribution >= 0.6 is 10.7 Å². The molecule has 0 unspecified atom stereocenters. The van der Waals surface area contributed by atoms with Gasteiger partial charge >= 0.3 is 0 Å². The standard InChI is InChI=1S/C13H19ClN2O3S/c1-3-6-16-9-11(20(14,18)19)7-12(16)13(17)15(2)8-10-4-5-10/h7,9-10H,3-6,8H2,1-2H3. The van der Waals surface area contributed by atoms with Crippen LogP contribution in [0.1, 0.15) is 36.7 Å². The van der Waals surface area contributed by atoms with Gasteiger partial charge in [-0.1, -0.05) is 6.92 Å². The van der Waals surface area contributed by atoms with Crippen LogP contribution in [0.3, 0.4) is 0 Å². The molecule has 20 heavy (non-hydrogen) atoms. The Balaban J connectivity index is 2.27. The third-order valence-electron chi connectivity index (χ3n) is 3.41. The summed E-state index contributed by atoms with van der Waals surface area (Å²) in [5, 5.41) is 0. The molecule has 2 rings (SSSR count). The van der Waals surface area contributed by atoms with E-state index >= 15 is 0 Å². The Kier molecular flexibility index (Phi) is 4.44. The van der Waals surface area contributed by atoms with Gasteiger partial charge in [0.1, 0.15) is 10.6 Å². The van der Waals surface area contributed by atoms with Crippen molar-refractivity contribution in [3.63, 3.8) is 0 Å². The lowest BCUT2D eigenvalue weighted by atomic mass is 10.3. The summed E-state index contributed by atoms with van der Waals surface area (Å²) in [5.74, 6) is 0.437. The minimum absolute atomic E-state index is 0.0178. The van der Waals surface area contributed by atoms with E-state index in [4.69, 9.17) is 10.7 Å². The third-order valence-corrected chi connectivity index (χ3v) is 4.73. The van der Waals surface area contributed by atoms with Gasteiger partial charge in [-0.15, -0.1) is 0 Å². The molecule has 1 aliphatic carbocycles. The van der Waals surface area contributed by atoms with Gasteiger partial charge in [-0.05, 0) is 31.2 Å². The summed E-state index contributed by atoms with van der Waals surface area (Å²) < 4.78 is 24.5. The molecule has 1 aromatic rings. The highest BCUT2D eigenvalue weighted by atomic mass is 35.7. The van der Waals surface area contributed by atoms with Crippen LogP contribution < -0.4 is 0 Å². The van der Waals surface area contributed by atoms with Crippen LogP contribution in [-0.2, 0) is 15.6 Å². The zero-order chi connectivity index (χ0) is 14.9. The van der Waals surface area contributed by atoms with Crippen LogP contribution in [0.4, 0.5) is 0 Å². The van der Waals surface area contributed by atoms with Crippen LogP contribution in [0.5, 0.6) is 0 Å². The quantitative estimate of drug-likeness (QED) is 0.756. The van der Waals surface area contributed by atoms with Crippen LogP contribution in [0.25, 0.3) is 0 Å². The maximum absolute atomic E-state index is 12.4. The molecular formula is C13H19ClN2O3S. The lowest BCUT2D eigenvalue weighted by Gasteiger charge is -2.17. The number of rotatable bonds is 6. The van der Waals surface area contributed by atoms with Gasteiger partial charge in [0, 0.05) is 37.0 Å². The molecule has 0 N–H and O–H groups in total. The predicted octanol–water partition coefficient (Wildman–Crippen LogP) is 2.31. The minimum Gasteiger partial charge on any atom is -0.342 e. The van der Waals surface area contributed by atoms with Gasteiger partial charge in [0.25, 0.3) is 15.0 Å². The molecule has 112 valence electrons. The first kappa shape index (κ1) is 15.4. The van der Waals surface area contributed by atoms with E-state index in [0.717, 1.165) is 25.8 Å². The Morgan fingerprint density at radius 2 is 2.15 bits per heavy atom. The van der Waals surface area contributed by atoms with E-state index < -0.39 is 9.05 Å². The lowest BCUT2D eigenvalue weighted by Crippen LogP contribution is -2.30. The van der Waals surface area contributed by atoms with E-state index in [0.29, 0.717) is 18.2 Å². The lowest BCUT2D eigenvalue weighted by molar-refractivity contribution is 0.0778. The number of hydrogen-bond donors (Lipinski definition) is 0. The van der Waals surface area contributed by atoms with Crippen molar-refractivity contribution in [3.8, 4) is 0 Å². The first-order valence-electron chi connectivity index (χ1n) is 6.73. The number of nitrogens with zero attached hydrogens (tertiary/aromatic N) is 2. The Labute approximate surface area is 123 Å². The summed E-state index contributed by atoms with van der Waals surface area (Å²) in [5.41, 5.74) is 0.384. The first-order chi connectivity index (χ1) is 9.32. The van der Waals surface area contributed by atoms with Gasteiger partial charge < -0.3 is 9.47 Å². The molecule has 0 radical (unpaired) electrons. The number of hydrogen-bond acceptors (Lipinski definition) is 3. The molecule has 1 amide bonds. The van der Waals surface area contributed by atoms with E-state index in [9.17, 15) is 13.2 Å². The van der Waals surface area contributed by atoms with E-state index in [-0.39, 0.29) is 10.8 Å². The first-order valence-corrected chi connectivity index (χ1v) is 9.04. The smallest absolute Gasteiger partial charge is 0.270 e. The highest BCUT2D eigenvalue weighted by Crippen LogP contribution is 2.30. The Morgan fingerprint density at radius 1 is 1.50 bits per heavy atom. The second-order valence-electron chi connectivity index (χ2n) is 5.32. The van der Waals surface area contributed by atoms with E-state index in [2.05, 4.69) is 0 Å². The average Bonchev–Trinajstić information content (AvgIpc) is 3.05. The van der Waals surface area contributed by atoms with Crippen molar-refractivity contribution in [3.05, 3.63) is 18.0 Å². The highest BCUT2D eigenvalue weighted by molar-refractivity contribution is 8.13. The summed E-state index contributed by atoms with van der Waals surface area (Å²) in [4.78, 5) is 14.0. The molecular weight excluding hydrogens is 300 g/mol. The fourth-order valence-electron chi connectivity index (χ4n) is 2.19. The van der Waals surface area contributed by atoms with Crippen molar-refractivity contribution < 1.29 is 13.2 Å². The third kappa shape index (κ3) is 3.55. The zero-order valence-corrected chi connectivity index (χ0v) is 13.2. The molecule has 1 fully saturated rings. The fourth-order valence-corrected chi connectivity index (χ4v) is 2.95. The number of carbonyl (C=O) groups excluding carboxylic acids is 1. The van der Waals surface area contributed by atoms with Gasteiger partial charge in [-0.25, -0.2) is 8.42 Å². The summed E-state index contributed by atoms with van der Waals surface area (Å²) in [6.45, 7) is 3.28. The molecule has 1 heterocycles. The van der Waals surface area contributed by atoms with E-state index in [1.54, 1.807) is 16.5 Å². The molecule has 0 saturated heterocycles. The van der Waals surface area contributed by atoms with E-state index in [1.807, 2.05) is 6.92 Å². The molecule has 0 aromatic carbocycles. The molecule has 0 aliphatic heterocycles. The van der Waals surface area contributed by atoms with Crippen LogP contribution in [0.15, 0.2) is 17.2 Å². The minimum atomic E-state index is -3.81. The Hall–Kier alpha value is -1.01. The number of aromatic nitrogens is 1. The molecule has 0 bridgehead atoms. The monoisotopic (exact) mass is 318 g/mol. The molecule has 1 aliphatic rings. The van der Waals surface area contributed by atoms with Crippen molar-refractivity contribution in [2.75, 3.05) is 13.6 Å². The Bertz CT molecular complexity index is 605. The molecule has 7 heteroatoms. The van der Waals surface area contributed by atoms with Crippen LogP contribution in [-0.4, -0.2) is 37.4 Å². The summed E-state index contributed by atoms with van der Waals surface area (Å²) in [6.07, 6.45) is 4.57. The topological polar surface area (TPSA) is 59.4 Å². The zero-order valence-electron chi connectivity index (χ0n) is 11.7. The van der Waals surface area contributed by atoms with Gasteiger partial charge in [0.05, 0.1) is 0 Å². The van der Waals surface area contributed by atoms with Crippen molar-refractivity contribution >= 4 is 25.6 Å². The van der Waals surface area contributed by atoms with E-state index in [1.165, 1.54) is 12.3 Å². The van der Waals surface area contributed by atoms with Gasteiger partial charge in [0.2, 0.25) is 0 Å². The summed E-state index contributed by atoms with van der Waals surface area (Å²) in [7, 11) is 3.29. The number of carbonyl (C=O) groups is 1. The number of halogens is 1. The molecule has 0 atom stereocenters. The van der Waals surface area contributed by atoms with Gasteiger partial charge in [-0.2, -0.15) is 0 Å². The van der Waals surface area contributed by atoms with Crippen LogP contribution in [0, 0.1) is 5.92 Å². The molecule has 1 saturated carbocycles. The molecule has 5 nitrogen and oxygen atoms in total. The largest absolute Gasteiger partial charge is 0.342 e. The second kappa shape index (κ2) is 5.77. The molecule has 1 aromatic heterocycles. The average molecular weight is 319 g/mol. The fraction of sp³-hybridized carbons (Fsp3) is 0.615. The maximum atomic E-state index is 12.4. The second-order valence-corrected chi connectivity index (χ2v) is 7.89. The van der Waals surface area contributed by atoms with Crippen LogP contribution in [0.2, 0.25) is 0 Å². The number of amides is 1. The van der Waals surface area contributed by atoms with Crippen molar-refractivity contribution in [2.45, 2.75) is 37.6 Å². The SMILES string of the molecule is CCCn1cc(S(=O)(=O)Cl)cc1C(=O)N(C)CC1CC1. The predicted molar refractivity (Wildman–Crippen MR) is 77.4 cm³/mol. The maximum Gasteiger partial charge on any atom is 0.270 e. The molecule has 0 spiro atoms. The highest BCUT2D eigenvalue weighted by Gasteiger charge is 2.27. The Morgan fingerprint density at radius 3 is 2.65 bits per heavy atom.